The number of aliphatic hydroxyl groups is 3. The lowest BCUT2D eigenvalue weighted by molar-refractivity contribution is 0.129. The van der Waals surface area contributed by atoms with Crippen LogP contribution in [0, 0.1) is 65.1 Å². The number of hydrogen-bond donors (Lipinski definition) is 6. The summed E-state index contributed by atoms with van der Waals surface area (Å²) in [6.07, 6.45) is 6.12. The monoisotopic (exact) mass is 1170 g/mol. The molecule has 7 N–H and O–H groups in total. The quantitative estimate of drug-likeness (QED) is 0.0652. The summed E-state index contributed by atoms with van der Waals surface area (Å²) in [5.41, 5.74) is 6.11. The van der Waals surface area contributed by atoms with Gasteiger partial charge in [0, 0.05) is 152 Å². The second-order valence-corrected chi connectivity index (χ2v) is 31.3. The second-order valence-electron chi connectivity index (χ2n) is 31.3. The molecule has 6 aliphatic rings. The van der Waals surface area contributed by atoms with Crippen LogP contribution in [0.15, 0.2) is 0 Å². The van der Waals surface area contributed by atoms with E-state index in [0.29, 0.717) is 84.7 Å². The smallest absolute Gasteiger partial charge is 0.0832 e. The largest absolute Gasteiger partial charge is 0.396 e. The first-order valence-electron chi connectivity index (χ1n) is 34.3. The Labute approximate surface area is 512 Å². The highest BCUT2D eigenvalue weighted by atomic mass is 16.3. The normalized spacial score (nSPS) is 29.9. The number of likely N-dealkylation sites (tertiary alicyclic amines) is 6. The van der Waals surface area contributed by atoms with Crippen LogP contribution < -0.4 is 16.4 Å². The average Bonchev–Trinajstić information content (AvgIpc) is 4.22. The Bertz CT molecular complexity index is 1450. The summed E-state index contributed by atoms with van der Waals surface area (Å²) >= 11 is 0. The number of nitrogens with one attached hydrogen (secondary N) is 2. The highest BCUT2D eigenvalue weighted by Crippen LogP contribution is 2.31. The maximum atomic E-state index is 9.82. The SMILES string of the molecule is CC(C)C[C@@H]1CN(C(C)C)C[C@H]1CO.CC(C)C[C@@H]1CN(C(C)C)C[C@H]1N.CC(C)C[C@@H]1CN(C(C)C)C[C@H]1N(C)C.CC(C)C[C@@H]1CN(C(C)C)C[C@H]1O.CC(C)N[C@@H]1CN(C(C)C)C[C@H]1O.CN[C@@H]1CN(C(C)C)C[C@H]1CC(C)C. The van der Waals surface area contributed by atoms with Crippen molar-refractivity contribution in [2.24, 2.45) is 70.8 Å². The topological polar surface area (TPSA) is 133 Å². The molecule has 6 fully saturated rings. The Morgan fingerprint density at radius 3 is 1.10 bits per heavy atom. The van der Waals surface area contributed by atoms with Crippen molar-refractivity contribution < 1.29 is 15.3 Å². The molecule has 6 heterocycles. The van der Waals surface area contributed by atoms with Gasteiger partial charge in [0.2, 0.25) is 0 Å². The van der Waals surface area contributed by atoms with Gasteiger partial charge in [-0.3, -0.25) is 24.5 Å². The van der Waals surface area contributed by atoms with Gasteiger partial charge in [0.1, 0.15) is 0 Å². The van der Waals surface area contributed by atoms with E-state index in [2.05, 4.69) is 232 Å². The van der Waals surface area contributed by atoms with Crippen LogP contribution in [0.3, 0.4) is 0 Å². The van der Waals surface area contributed by atoms with E-state index in [9.17, 15) is 15.3 Å². The number of rotatable bonds is 21. The minimum absolute atomic E-state index is 0.0928. The zero-order valence-corrected chi connectivity index (χ0v) is 59.6. The Hall–Kier alpha value is -0.520. The second kappa shape index (κ2) is 40.2. The predicted octanol–water partition coefficient (Wildman–Crippen LogP) is 10.1. The molecule has 0 bridgehead atoms. The molecule has 0 aromatic carbocycles. The molecule has 12 atom stereocenters. The van der Waals surface area contributed by atoms with Crippen molar-refractivity contribution >= 4 is 0 Å². The lowest BCUT2D eigenvalue weighted by atomic mass is 9.89. The zero-order valence-electron chi connectivity index (χ0n) is 59.6. The van der Waals surface area contributed by atoms with Crippen LogP contribution in [0.25, 0.3) is 0 Å². The molecule has 0 unspecified atom stereocenters. The third-order valence-electron chi connectivity index (χ3n) is 18.8. The fourth-order valence-electron chi connectivity index (χ4n) is 13.9. The van der Waals surface area contributed by atoms with E-state index in [1.54, 1.807) is 0 Å². The molecule has 13 heteroatoms. The third kappa shape index (κ3) is 30.1. The van der Waals surface area contributed by atoms with Gasteiger partial charge in [-0.15, -0.1) is 0 Å². The molecule has 0 spiro atoms. The molecule has 6 saturated heterocycles. The summed E-state index contributed by atoms with van der Waals surface area (Å²) in [7, 11) is 6.55. The van der Waals surface area contributed by atoms with Gasteiger partial charge in [0.15, 0.2) is 0 Å². The standard InChI is InChI=1S/C13H28N2.C12H26N2.C12H25NO.C11H24N2.C11H23NO.C10H22N2O/c1-10(2)7-12-8-15(11(3)4)9-13(12)14(5)6;1-9(2)6-11-7-14(10(3)4)8-12(11)13-5;1-9(2)5-11-6-13(10(3)4)7-12(11)8-14;1-8(2)5-10-6-13(9(3)4)7-11(10)12;1-8(2)5-10-6-12(9(3)4)7-11(10)13;1-7(2)11-9-5-12(8(3)4)6-10(9)13/h10-13H,7-9H2,1-6H3;9-13H,6-8H2,1-5H3;9-12,14H,5-8H2,1-4H3;8-11H,5-7,12H2,1-4H3;8-11,13H,5-7H2,1-4H3;7-11,13H,5-6H2,1-4H3/t12-,13-;11-,12-;11-,12+;2*10-,11-;9-,10-/m111111/s1. The molecule has 0 radical (unpaired) electrons. The molecule has 6 aliphatic heterocycles. The Morgan fingerprint density at radius 1 is 0.378 bits per heavy atom. The van der Waals surface area contributed by atoms with Gasteiger partial charge in [-0.1, -0.05) is 83.1 Å². The number of aliphatic hydroxyl groups excluding tert-OH is 3. The summed E-state index contributed by atoms with van der Waals surface area (Å²) in [6.45, 7) is 67.8. The first-order valence-corrected chi connectivity index (χ1v) is 34.3. The minimum Gasteiger partial charge on any atom is -0.396 e. The van der Waals surface area contributed by atoms with E-state index >= 15 is 0 Å². The van der Waals surface area contributed by atoms with Crippen LogP contribution in [-0.4, -0.2) is 235 Å². The van der Waals surface area contributed by atoms with Crippen molar-refractivity contribution in [3.8, 4) is 0 Å². The lowest BCUT2D eigenvalue weighted by Crippen LogP contribution is -2.43. The van der Waals surface area contributed by atoms with Gasteiger partial charge in [-0.25, -0.2) is 0 Å². The summed E-state index contributed by atoms with van der Waals surface area (Å²) in [5, 5.41) is 35.7. The van der Waals surface area contributed by atoms with Crippen LogP contribution in [0.2, 0.25) is 0 Å². The van der Waals surface area contributed by atoms with Gasteiger partial charge < -0.3 is 41.5 Å². The van der Waals surface area contributed by atoms with E-state index in [1.165, 1.54) is 65.0 Å². The molecule has 0 aromatic heterocycles. The first-order chi connectivity index (χ1) is 38.0. The van der Waals surface area contributed by atoms with Crippen LogP contribution in [-0.2, 0) is 0 Å². The average molecular weight is 1170 g/mol. The van der Waals surface area contributed by atoms with Crippen LogP contribution in [0.4, 0.5) is 0 Å². The molecule has 0 saturated carbocycles. The van der Waals surface area contributed by atoms with Crippen molar-refractivity contribution in [2.45, 2.75) is 277 Å². The van der Waals surface area contributed by atoms with E-state index in [0.717, 1.165) is 93.2 Å². The van der Waals surface area contributed by atoms with Gasteiger partial charge in [0.25, 0.3) is 0 Å². The Morgan fingerprint density at radius 2 is 0.695 bits per heavy atom. The molecule has 0 aliphatic carbocycles. The third-order valence-corrected chi connectivity index (χ3v) is 18.8. The van der Waals surface area contributed by atoms with Crippen molar-refractivity contribution in [3.05, 3.63) is 0 Å². The van der Waals surface area contributed by atoms with Gasteiger partial charge >= 0.3 is 0 Å². The maximum Gasteiger partial charge on any atom is 0.0832 e. The highest BCUT2D eigenvalue weighted by molar-refractivity contribution is 4.94. The number of nitrogens with zero attached hydrogens (tertiary/aromatic N) is 7. The van der Waals surface area contributed by atoms with Crippen molar-refractivity contribution in [1.29, 1.82) is 0 Å². The summed E-state index contributed by atoms with van der Waals surface area (Å²) in [4.78, 5) is 17.3. The fourth-order valence-corrected chi connectivity index (χ4v) is 13.9. The number of β-amino-alcohol motifs (C(OH)–C–C–N with tert-alkyl or cyclic N) is 2. The van der Waals surface area contributed by atoms with Crippen LogP contribution >= 0.6 is 0 Å². The molecule has 0 amide bonds. The van der Waals surface area contributed by atoms with Crippen molar-refractivity contribution in [1.82, 2.24) is 44.9 Å². The zero-order chi connectivity index (χ0) is 63.0. The maximum absolute atomic E-state index is 9.82. The van der Waals surface area contributed by atoms with Crippen molar-refractivity contribution in [2.75, 3.05) is 106 Å². The van der Waals surface area contributed by atoms with Crippen molar-refractivity contribution in [3.63, 3.8) is 0 Å². The van der Waals surface area contributed by atoms with Gasteiger partial charge in [-0.2, -0.15) is 0 Å². The number of hydrogen-bond acceptors (Lipinski definition) is 13. The fraction of sp³-hybridized carbons (Fsp3) is 1.00. The van der Waals surface area contributed by atoms with Gasteiger partial charge in [0.05, 0.1) is 12.2 Å². The van der Waals surface area contributed by atoms with Gasteiger partial charge in [-0.05, 0) is 201 Å². The van der Waals surface area contributed by atoms with Crippen LogP contribution in [0.1, 0.15) is 198 Å². The molecule has 6 rings (SSSR count). The first kappa shape index (κ1) is 79.5. The van der Waals surface area contributed by atoms with Crippen LogP contribution in [0.5, 0.6) is 0 Å². The molecule has 0 aromatic rings. The summed E-state index contributed by atoms with van der Waals surface area (Å²) in [5.74, 6) is 8.04. The van der Waals surface area contributed by atoms with E-state index in [1.807, 2.05) is 0 Å². The minimum atomic E-state index is -0.204. The Balaban J connectivity index is 0.000000492. The molecule has 13 nitrogen and oxygen atoms in total. The number of nitrogens with two attached hydrogens (primary N) is 1. The lowest BCUT2D eigenvalue weighted by Gasteiger charge is -2.26. The van der Waals surface area contributed by atoms with E-state index in [-0.39, 0.29) is 18.2 Å². The van der Waals surface area contributed by atoms with E-state index < -0.39 is 0 Å². The van der Waals surface area contributed by atoms with E-state index in [4.69, 9.17) is 5.73 Å². The Kier molecular flexibility index (Phi) is 39.0. The predicted molar refractivity (Wildman–Crippen MR) is 358 cm³/mol. The number of likely N-dealkylation sites (N-methyl/N-ethyl adjacent to an activating group) is 2. The molecule has 82 heavy (non-hydrogen) atoms. The molecule has 492 valence electrons. The summed E-state index contributed by atoms with van der Waals surface area (Å²) < 4.78 is 0. The molecular formula is C69H148N10O3. The summed E-state index contributed by atoms with van der Waals surface area (Å²) in [6, 6.07) is 6.37. The highest BCUT2D eigenvalue weighted by Gasteiger charge is 2.38. The molecular weight excluding hydrogens is 1020 g/mol.